The summed E-state index contributed by atoms with van der Waals surface area (Å²) in [6.45, 7) is 0. The van der Waals surface area contributed by atoms with Gasteiger partial charge in [-0.1, -0.05) is 0 Å². The molecule has 0 aliphatic heterocycles. The van der Waals surface area contributed by atoms with Gasteiger partial charge in [0.15, 0.2) is 0 Å². The highest BCUT2D eigenvalue weighted by atomic mass is 16.7. The van der Waals surface area contributed by atoms with Crippen molar-refractivity contribution in [3.05, 3.63) is 18.2 Å². The highest BCUT2D eigenvalue weighted by Gasteiger charge is 2.14. The molecule has 0 fully saturated rings. The van der Waals surface area contributed by atoms with Crippen LogP contribution in [0.1, 0.15) is 10.6 Å². The van der Waals surface area contributed by atoms with Crippen molar-refractivity contribution in [3.63, 3.8) is 0 Å². The first-order chi connectivity index (χ1) is 5.66. The van der Waals surface area contributed by atoms with Crippen LogP contribution in [0.5, 0.6) is 0 Å². The zero-order chi connectivity index (χ0) is 9.14. The summed E-state index contributed by atoms with van der Waals surface area (Å²) in [5.74, 6) is 0.101. The minimum Gasteiger partial charge on any atom is -0.330 e. The molecule has 0 N–H and O–H groups in total. The van der Waals surface area contributed by atoms with Gasteiger partial charge in [-0.05, 0) is 0 Å². The Bertz CT molecular complexity index is 282. The van der Waals surface area contributed by atoms with Gasteiger partial charge in [0.05, 0.1) is 7.11 Å². The van der Waals surface area contributed by atoms with Crippen LogP contribution in [-0.4, -0.2) is 34.7 Å². The van der Waals surface area contributed by atoms with E-state index in [2.05, 4.69) is 4.98 Å². The largest absolute Gasteiger partial charge is 0.330 e. The highest BCUT2D eigenvalue weighted by Crippen LogP contribution is 1.98. The first-order valence-electron chi connectivity index (χ1n) is 3.46. The number of hydrogen-bond acceptors (Lipinski definition) is 3. The van der Waals surface area contributed by atoms with E-state index in [1.807, 2.05) is 0 Å². The molecule has 0 saturated carbocycles. The fraction of sp³-hybridized carbons (Fsp3) is 0.429. The van der Waals surface area contributed by atoms with Crippen LogP contribution in [-0.2, 0) is 11.9 Å². The van der Waals surface area contributed by atoms with E-state index in [0.717, 1.165) is 5.06 Å². The second-order valence-electron chi connectivity index (χ2n) is 2.35. The molecule has 1 heterocycles. The van der Waals surface area contributed by atoms with Gasteiger partial charge in [-0.3, -0.25) is 9.63 Å². The second-order valence-corrected chi connectivity index (χ2v) is 2.35. The van der Waals surface area contributed by atoms with Gasteiger partial charge in [-0.2, -0.15) is 0 Å². The van der Waals surface area contributed by atoms with Crippen molar-refractivity contribution < 1.29 is 9.63 Å². The summed E-state index contributed by atoms with van der Waals surface area (Å²) in [5.41, 5.74) is 0. The summed E-state index contributed by atoms with van der Waals surface area (Å²) in [6.07, 6.45) is 3.27. The standard InChI is InChI=1S/C7H11N3O2/c1-9-5-4-8-6(9)7(11)10(2)12-3/h4-5H,1-3H3. The summed E-state index contributed by atoms with van der Waals surface area (Å²) < 4.78 is 1.64. The van der Waals surface area contributed by atoms with Crippen LogP contribution < -0.4 is 0 Å². The molecular formula is C7H11N3O2. The second kappa shape index (κ2) is 3.36. The van der Waals surface area contributed by atoms with E-state index in [1.54, 1.807) is 24.0 Å². The van der Waals surface area contributed by atoms with Gasteiger partial charge in [0.25, 0.3) is 0 Å². The highest BCUT2D eigenvalue weighted by molar-refractivity contribution is 5.89. The number of imidazole rings is 1. The smallest absolute Gasteiger partial charge is 0.313 e. The Balaban J connectivity index is 2.85. The van der Waals surface area contributed by atoms with E-state index < -0.39 is 0 Å². The van der Waals surface area contributed by atoms with Crippen LogP contribution in [0.2, 0.25) is 0 Å². The first kappa shape index (κ1) is 8.73. The predicted octanol–water partition coefficient (Wildman–Crippen LogP) is 0.0535. The van der Waals surface area contributed by atoms with Crippen LogP contribution >= 0.6 is 0 Å². The molecule has 5 heteroatoms. The van der Waals surface area contributed by atoms with Gasteiger partial charge in [0.2, 0.25) is 5.82 Å². The molecule has 0 saturated heterocycles. The van der Waals surface area contributed by atoms with Crippen LogP contribution in [0.4, 0.5) is 0 Å². The van der Waals surface area contributed by atoms with E-state index in [1.165, 1.54) is 14.2 Å². The first-order valence-corrected chi connectivity index (χ1v) is 3.46. The van der Waals surface area contributed by atoms with E-state index in [4.69, 9.17) is 4.84 Å². The SMILES string of the molecule is CON(C)C(=O)c1nccn1C. The molecule has 0 radical (unpaired) electrons. The molecule has 0 aliphatic rings. The van der Waals surface area contributed by atoms with E-state index in [9.17, 15) is 4.79 Å². The third kappa shape index (κ3) is 1.45. The van der Waals surface area contributed by atoms with Crippen molar-refractivity contribution in [3.8, 4) is 0 Å². The summed E-state index contributed by atoms with van der Waals surface area (Å²) >= 11 is 0. The van der Waals surface area contributed by atoms with E-state index >= 15 is 0 Å². The third-order valence-electron chi connectivity index (χ3n) is 1.57. The van der Waals surface area contributed by atoms with Gasteiger partial charge in [0, 0.05) is 26.5 Å². The van der Waals surface area contributed by atoms with E-state index in [0.29, 0.717) is 5.82 Å². The lowest BCUT2D eigenvalue weighted by atomic mass is 10.5. The van der Waals surface area contributed by atoms with Crippen molar-refractivity contribution in [1.82, 2.24) is 14.6 Å². The minimum absolute atomic E-state index is 0.259. The maximum Gasteiger partial charge on any atom is 0.313 e. The molecule has 0 spiro atoms. The lowest BCUT2D eigenvalue weighted by Gasteiger charge is -2.12. The van der Waals surface area contributed by atoms with Gasteiger partial charge in [0.1, 0.15) is 0 Å². The Morgan fingerprint density at radius 3 is 2.83 bits per heavy atom. The topological polar surface area (TPSA) is 47.4 Å². The Morgan fingerprint density at radius 2 is 2.42 bits per heavy atom. The van der Waals surface area contributed by atoms with Crippen LogP contribution in [0.3, 0.4) is 0 Å². The lowest BCUT2D eigenvalue weighted by Crippen LogP contribution is -2.27. The normalized spacial score (nSPS) is 9.92. The number of nitrogens with zero attached hydrogens (tertiary/aromatic N) is 3. The zero-order valence-electron chi connectivity index (χ0n) is 7.31. The molecule has 0 aromatic carbocycles. The summed E-state index contributed by atoms with van der Waals surface area (Å²) in [7, 11) is 4.72. The Kier molecular flexibility index (Phi) is 2.44. The average Bonchev–Trinajstić information content (AvgIpc) is 2.48. The molecule has 66 valence electrons. The number of rotatable bonds is 2. The Morgan fingerprint density at radius 1 is 1.75 bits per heavy atom. The number of amides is 1. The van der Waals surface area contributed by atoms with Crippen LogP contribution in [0.25, 0.3) is 0 Å². The van der Waals surface area contributed by atoms with Gasteiger partial charge in [-0.15, -0.1) is 0 Å². The molecule has 1 aromatic rings. The Labute approximate surface area is 70.5 Å². The van der Waals surface area contributed by atoms with Crippen molar-refractivity contribution in [2.45, 2.75) is 0 Å². The van der Waals surface area contributed by atoms with Crippen LogP contribution in [0.15, 0.2) is 12.4 Å². The molecule has 1 rings (SSSR count). The number of aryl methyl sites for hydroxylation is 1. The van der Waals surface area contributed by atoms with E-state index in [-0.39, 0.29) is 5.91 Å². The predicted molar refractivity (Wildman–Crippen MR) is 42.3 cm³/mol. The van der Waals surface area contributed by atoms with Crippen molar-refractivity contribution in [2.24, 2.45) is 7.05 Å². The third-order valence-corrected chi connectivity index (χ3v) is 1.57. The number of aromatic nitrogens is 2. The van der Waals surface area contributed by atoms with Crippen molar-refractivity contribution in [1.29, 1.82) is 0 Å². The molecule has 0 unspecified atom stereocenters. The zero-order valence-corrected chi connectivity index (χ0v) is 7.31. The monoisotopic (exact) mass is 169 g/mol. The fourth-order valence-electron chi connectivity index (χ4n) is 0.795. The molecule has 0 bridgehead atoms. The van der Waals surface area contributed by atoms with Crippen molar-refractivity contribution >= 4 is 5.91 Å². The molecular weight excluding hydrogens is 158 g/mol. The summed E-state index contributed by atoms with van der Waals surface area (Å²) in [6, 6.07) is 0. The van der Waals surface area contributed by atoms with Gasteiger partial charge < -0.3 is 4.57 Å². The average molecular weight is 169 g/mol. The molecule has 0 aliphatic carbocycles. The van der Waals surface area contributed by atoms with Gasteiger partial charge >= 0.3 is 5.91 Å². The van der Waals surface area contributed by atoms with Gasteiger partial charge in [-0.25, -0.2) is 10.0 Å². The minimum atomic E-state index is -0.259. The number of carbonyl (C=O) groups excluding carboxylic acids is 1. The quantitative estimate of drug-likeness (QED) is 0.588. The maximum absolute atomic E-state index is 11.4. The summed E-state index contributed by atoms with van der Waals surface area (Å²) in [5, 5.41) is 1.13. The number of hydroxylamine groups is 2. The number of carbonyl (C=O) groups is 1. The summed E-state index contributed by atoms with van der Waals surface area (Å²) in [4.78, 5) is 20.0. The number of hydrogen-bond donors (Lipinski definition) is 0. The molecule has 5 nitrogen and oxygen atoms in total. The maximum atomic E-state index is 11.4. The van der Waals surface area contributed by atoms with Crippen LogP contribution in [0, 0.1) is 0 Å². The molecule has 12 heavy (non-hydrogen) atoms. The fourth-order valence-corrected chi connectivity index (χ4v) is 0.795. The lowest BCUT2D eigenvalue weighted by molar-refractivity contribution is -0.0766. The van der Waals surface area contributed by atoms with Crippen molar-refractivity contribution in [2.75, 3.05) is 14.2 Å². The molecule has 1 aromatic heterocycles. The Hall–Kier alpha value is -1.36. The molecule has 0 atom stereocenters. The molecule has 1 amide bonds.